The van der Waals surface area contributed by atoms with E-state index in [1.165, 1.54) is 48.7 Å². The zero-order chi connectivity index (χ0) is 17.9. The number of hydrogen-bond donors (Lipinski definition) is 1. The fourth-order valence-electron chi connectivity index (χ4n) is 2.31. The Balaban J connectivity index is 0.000000549. The summed E-state index contributed by atoms with van der Waals surface area (Å²) in [6.45, 7) is -3.04. The Morgan fingerprint density at radius 2 is 2.04 bits per heavy atom. The third-order valence-electron chi connectivity index (χ3n) is 3.78. The van der Waals surface area contributed by atoms with Crippen molar-refractivity contribution in [2.24, 2.45) is 0 Å². The summed E-state index contributed by atoms with van der Waals surface area (Å²) in [6.07, 6.45) is 7.17. The second-order valence-electron chi connectivity index (χ2n) is 5.90. The molecule has 1 aromatic carbocycles. The van der Waals surface area contributed by atoms with Crippen molar-refractivity contribution in [3.8, 4) is 5.75 Å². The Hall–Kier alpha value is -1.77. The lowest BCUT2D eigenvalue weighted by Crippen LogP contribution is -2.42. The number of aromatic nitrogens is 3. The SMILES string of the molecule is C1CC1.OC(Cl)(Cn1cncn1)C1(c2ccccc2OC(F)F)CO1. The van der Waals surface area contributed by atoms with Crippen LogP contribution in [-0.2, 0) is 16.9 Å². The number of nitrogens with zero attached hydrogens (tertiary/aromatic N) is 3. The maximum atomic E-state index is 12.5. The first-order valence-corrected chi connectivity index (χ1v) is 8.24. The van der Waals surface area contributed by atoms with Crippen LogP contribution in [0.4, 0.5) is 8.78 Å². The molecule has 2 fully saturated rings. The maximum absolute atomic E-state index is 12.5. The van der Waals surface area contributed by atoms with E-state index in [1.807, 2.05) is 0 Å². The summed E-state index contributed by atoms with van der Waals surface area (Å²) in [6, 6.07) is 6.06. The van der Waals surface area contributed by atoms with Crippen molar-refractivity contribution in [1.82, 2.24) is 14.8 Å². The van der Waals surface area contributed by atoms with Crippen molar-refractivity contribution in [2.45, 2.75) is 43.1 Å². The summed E-state index contributed by atoms with van der Waals surface area (Å²) < 4.78 is 36.2. The average Bonchev–Trinajstić information content (AvgIpc) is 3.47. The Labute approximate surface area is 148 Å². The number of ether oxygens (including phenoxy) is 2. The van der Waals surface area contributed by atoms with Crippen molar-refractivity contribution in [1.29, 1.82) is 0 Å². The highest BCUT2D eigenvalue weighted by Gasteiger charge is 2.63. The van der Waals surface area contributed by atoms with Crippen LogP contribution in [-0.4, -0.2) is 38.1 Å². The Morgan fingerprint density at radius 3 is 2.56 bits per heavy atom. The number of aliphatic hydroxyl groups is 1. The maximum Gasteiger partial charge on any atom is 0.387 e. The molecule has 0 radical (unpaired) electrons. The predicted molar refractivity (Wildman–Crippen MR) is 85.4 cm³/mol. The van der Waals surface area contributed by atoms with Crippen molar-refractivity contribution in [3.63, 3.8) is 0 Å². The lowest BCUT2D eigenvalue weighted by atomic mass is 9.92. The van der Waals surface area contributed by atoms with E-state index in [0.717, 1.165) is 0 Å². The highest BCUT2D eigenvalue weighted by Crippen LogP contribution is 2.53. The molecule has 0 amide bonds. The van der Waals surface area contributed by atoms with Crippen molar-refractivity contribution in [2.75, 3.05) is 6.61 Å². The van der Waals surface area contributed by atoms with E-state index in [-0.39, 0.29) is 24.5 Å². The van der Waals surface area contributed by atoms with Gasteiger partial charge in [-0.05, 0) is 6.07 Å². The van der Waals surface area contributed by atoms with Crippen LogP contribution in [0.1, 0.15) is 24.8 Å². The normalized spacial score (nSPS) is 23.4. The van der Waals surface area contributed by atoms with Gasteiger partial charge in [0, 0.05) is 5.56 Å². The molecule has 2 aromatic rings. The number of benzene rings is 1. The minimum absolute atomic E-state index is 0.0747. The van der Waals surface area contributed by atoms with Crippen molar-refractivity contribution >= 4 is 11.6 Å². The Morgan fingerprint density at radius 1 is 1.36 bits per heavy atom. The van der Waals surface area contributed by atoms with Crippen LogP contribution in [0.3, 0.4) is 0 Å². The van der Waals surface area contributed by atoms with E-state index >= 15 is 0 Å². The summed E-state index contributed by atoms with van der Waals surface area (Å²) >= 11 is 6.22. The molecule has 2 heterocycles. The Kier molecular flexibility index (Phi) is 5.21. The molecule has 1 aromatic heterocycles. The molecule has 4 rings (SSSR count). The van der Waals surface area contributed by atoms with Crippen molar-refractivity contribution < 1.29 is 23.4 Å². The van der Waals surface area contributed by atoms with Gasteiger partial charge in [-0.3, -0.25) is 0 Å². The topological polar surface area (TPSA) is 72.7 Å². The second-order valence-corrected chi connectivity index (χ2v) is 6.53. The van der Waals surface area contributed by atoms with Gasteiger partial charge in [-0.15, -0.1) is 0 Å². The number of epoxide rings is 1. The van der Waals surface area contributed by atoms with E-state index < -0.39 is 17.3 Å². The van der Waals surface area contributed by atoms with Gasteiger partial charge < -0.3 is 14.6 Å². The molecule has 2 aliphatic rings. The summed E-state index contributed by atoms with van der Waals surface area (Å²) in [4.78, 5) is 3.76. The Bertz CT molecular complexity index is 689. The number of hydrogen-bond acceptors (Lipinski definition) is 5. The predicted octanol–water partition coefficient (Wildman–Crippen LogP) is 2.90. The van der Waals surface area contributed by atoms with Crippen LogP contribution >= 0.6 is 11.6 Å². The van der Waals surface area contributed by atoms with E-state index in [4.69, 9.17) is 16.3 Å². The fraction of sp³-hybridized carbons (Fsp3) is 0.500. The first-order chi connectivity index (χ1) is 11.9. The number of alkyl halides is 3. The molecular formula is C16H18ClF2N3O3. The summed E-state index contributed by atoms with van der Waals surface area (Å²) in [7, 11) is 0. The molecule has 136 valence electrons. The molecule has 1 aliphatic heterocycles. The van der Waals surface area contributed by atoms with Crippen LogP contribution in [0.15, 0.2) is 36.9 Å². The molecule has 2 unspecified atom stereocenters. The molecule has 6 nitrogen and oxygen atoms in total. The monoisotopic (exact) mass is 373 g/mol. The average molecular weight is 374 g/mol. The highest BCUT2D eigenvalue weighted by molar-refractivity contribution is 6.23. The molecule has 1 saturated heterocycles. The van der Waals surface area contributed by atoms with Gasteiger partial charge in [0.2, 0.25) is 0 Å². The lowest BCUT2D eigenvalue weighted by Gasteiger charge is -2.29. The minimum atomic E-state index is -2.99. The number of para-hydroxylation sites is 1. The zero-order valence-electron chi connectivity index (χ0n) is 13.3. The molecule has 0 spiro atoms. The third-order valence-corrected chi connectivity index (χ3v) is 4.21. The molecule has 2 atom stereocenters. The third kappa shape index (κ3) is 4.26. The standard InChI is InChI=1S/C13H12ClF2N3O3.C3H6/c14-13(20,5-19-8-17-7-18-19)12(6-21-12)9-3-1-2-4-10(9)22-11(15)16;1-2-3-1/h1-4,7-8,11,20H,5-6H2;1-3H2. The van der Waals surface area contributed by atoms with Crippen LogP contribution in [0.2, 0.25) is 0 Å². The van der Waals surface area contributed by atoms with Gasteiger partial charge in [0.05, 0.1) is 13.2 Å². The molecule has 1 aliphatic carbocycles. The lowest BCUT2D eigenvalue weighted by molar-refractivity contribution is -0.0534. The van der Waals surface area contributed by atoms with Crippen LogP contribution < -0.4 is 4.74 Å². The molecule has 1 saturated carbocycles. The fourth-order valence-corrected chi connectivity index (χ4v) is 2.64. The van der Waals surface area contributed by atoms with Gasteiger partial charge in [0.15, 0.2) is 10.7 Å². The second kappa shape index (κ2) is 7.23. The van der Waals surface area contributed by atoms with Crippen LogP contribution in [0, 0.1) is 0 Å². The largest absolute Gasteiger partial charge is 0.434 e. The van der Waals surface area contributed by atoms with Gasteiger partial charge >= 0.3 is 6.61 Å². The van der Waals surface area contributed by atoms with Gasteiger partial charge in [-0.1, -0.05) is 49.1 Å². The quantitative estimate of drug-likeness (QED) is 0.622. The van der Waals surface area contributed by atoms with E-state index in [0.29, 0.717) is 0 Å². The van der Waals surface area contributed by atoms with Crippen LogP contribution in [0.5, 0.6) is 5.75 Å². The number of rotatable bonds is 6. The summed E-state index contributed by atoms with van der Waals surface area (Å²) in [5.74, 6) is -0.0901. The molecule has 0 bridgehead atoms. The smallest absolute Gasteiger partial charge is 0.387 e. The minimum Gasteiger partial charge on any atom is -0.434 e. The van der Waals surface area contributed by atoms with E-state index in [2.05, 4.69) is 14.8 Å². The number of halogens is 3. The molecular weight excluding hydrogens is 356 g/mol. The van der Waals surface area contributed by atoms with Crippen molar-refractivity contribution in [3.05, 3.63) is 42.5 Å². The zero-order valence-corrected chi connectivity index (χ0v) is 14.1. The van der Waals surface area contributed by atoms with E-state index in [9.17, 15) is 13.9 Å². The molecule has 9 heteroatoms. The summed E-state index contributed by atoms with van der Waals surface area (Å²) in [5.41, 5.74) is -1.08. The van der Waals surface area contributed by atoms with Gasteiger partial charge in [-0.2, -0.15) is 13.9 Å². The molecule has 25 heavy (non-hydrogen) atoms. The summed E-state index contributed by atoms with van der Waals surface area (Å²) in [5, 5.41) is 12.6. The first kappa shape index (κ1) is 18.0. The van der Waals surface area contributed by atoms with Gasteiger partial charge in [0.25, 0.3) is 0 Å². The van der Waals surface area contributed by atoms with Gasteiger partial charge in [-0.25, -0.2) is 9.67 Å². The van der Waals surface area contributed by atoms with Gasteiger partial charge in [0.1, 0.15) is 18.4 Å². The molecule has 1 N–H and O–H groups in total. The first-order valence-electron chi connectivity index (χ1n) is 7.87. The van der Waals surface area contributed by atoms with Crippen LogP contribution in [0.25, 0.3) is 0 Å². The highest BCUT2D eigenvalue weighted by atomic mass is 35.5. The van der Waals surface area contributed by atoms with E-state index in [1.54, 1.807) is 12.1 Å².